The molecular weight excluding hydrogens is 170 g/mol. The summed E-state index contributed by atoms with van der Waals surface area (Å²) < 4.78 is 10.1. The van der Waals surface area contributed by atoms with Gasteiger partial charge in [0.1, 0.15) is 0 Å². The Morgan fingerprint density at radius 2 is 2.46 bits per heavy atom. The van der Waals surface area contributed by atoms with Gasteiger partial charge in [-0.1, -0.05) is 5.16 Å². The molecule has 2 rings (SSSR count). The summed E-state index contributed by atoms with van der Waals surface area (Å²) in [4.78, 5) is 4.13. The molecule has 0 amide bonds. The predicted octanol–water partition coefficient (Wildman–Crippen LogP) is 0.107. The summed E-state index contributed by atoms with van der Waals surface area (Å²) in [7, 11) is 0. The number of ether oxygens (including phenoxy) is 1. The van der Waals surface area contributed by atoms with E-state index in [0.717, 1.165) is 31.9 Å². The number of rotatable bonds is 3. The van der Waals surface area contributed by atoms with E-state index < -0.39 is 0 Å². The van der Waals surface area contributed by atoms with Crippen LogP contribution in [0, 0.1) is 5.92 Å². The molecule has 1 aromatic heterocycles. The van der Waals surface area contributed by atoms with Gasteiger partial charge in [-0.3, -0.25) is 0 Å². The molecule has 1 aliphatic heterocycles. The first-order chi connectivity index (χ1) is 6.38. The van der Waals surface area contributed by atoms with Gasteiger partial charge in [-0.15, -0.1) is 0 Å². The Bertz CT molecular complexity index is 268. The van der Waals surface area contributed by atoms with Crippen molar-refractivity contribution in [3.05, 3.63) is 11.7 Å². The normalized spacial score (nSPS) is 22.4. The summed E-state index contributed by atoms with van der Waals surface area (Å²) >= 11 is 0. The first-order valence-electron chi connectivity index (χ1n) is 4.47. The van der Waals surface area contributed by atoms with E-state index in [-0.39, 0.29) is 0 Å². The van der Waals surface area contributed by atoms with Crippen LogP contribution in [0.3, 0.4) is 0 Å². The van der Waals surface area contributed by atoms with Crippen molar-refractivity contribution < 1.29 is 9.26 Å². The second-order valence-electron chi connectivity index (χ2n) is 3.24. The largest absolute Gasteiger partial charge is 0.381 e. The van der Waals surface area contributed by atoms with Gasteiger partial charge in [0.2, 0.25) is 5.89 Å². The van der Waals surface area contributed by atoms with Gasteiger partial charge in [-0.05, 0) is 12.3 Å². The highest BCUT2D eigenvalue weighted by atomic mass is 16.5. The molecule has 0 aliphatic carbocycles. The van der Waals surface area contributed by atoms with Crippen molar-refractivity contribution in [1.82, 2.24) is 10.1 Å². The minimum atomic E-state index is 0.314. The predicted molar refractivity (Wildman–Crippen MR) is 44.8 cm³/mol. The lowest BCUT2D eigenvalue weighted by Gasteiger charge is -2.00. The lowest BCUT2D eigenvalue weighted by atomic mass is 10.1. The van der Waals surface area contributed by atoms with Gasteiger partial charge in [-0.2, -0.15) is 4.98 Å². The van der Waals surface area contributed by atoms with Crippen molar-refractivity contribution in [3.8, 4) is 0 Å². The van der Waals surface area contributed by atoms with E-state index in [1.807, 2.05) is 0 Å². The summed E-state index contributed by atoms with van der Waals surface area (Å²) in [5, 5.41) is 3.83. The fourth-order valence-corrected chi connectivity index (χ4v) is 1.46. The summed E-state index contributed by atoms with van der Waals surface area (Å²) in [5.41, 5.74) is 5.35. The molecule has 5 nitrogen and oxygen atoms in total. The molecule has 1 fully saturated rings. The molecule has 1 atom stereocenters. The summed E-state index contributed by atoms with van der Waals surface area (Å²) in [6.45, 7) is 1.98. The van der Waals surface area contributed by atoms with Crippen LogP contribution in [0.25, 0.3) is 0 Å². The first-order valence-corrected chi connectivity index (χ1v) is 4.47. The smallest absolute Gasteiger partial charge is 0.240 e. The molecule has 1 aliphatic rings. The SMILES string of the molecule is NCc1nc(CC2CCOC2)no1. The summed E-state index contributed by atoms with van der Waals surface area (Å²) in [5.74, 6) is 1.80. The lowest BCUT2D eigenvalue weighted by Crippen LogP contribution is -2.05. The van der Waals surface area contributed by atoms with E-state index in [0.29, 0.717) is 18.4 Å². The summed E-state index contributed by atoms with van der Waals surface area (Å²) in [6.07, 6.45) is 1.93. The molecule has 0 aromatic carbocycles. The number of hydrogen-bond acceptors (Lipinski definition) is 5. The molecule has 0 spiro atoms. The van der Waals surface area contributed by atoms with Gasteiger partial charge in [0, 0.05) is 19.6 Å². The Labute approximate surface area is 76.3 Å². The Hall–Kier alpha value is -0.940. The maximum Gasteiger partial charge on any atom is 0.240 e. The highest BCUT2D eigenvalue weighted by Gasteiger charge is 2.18. The average molecular weight is 183 g/mol. The van der Waals surface area contributed by atoms with Crippen molar-refractivity contribution in [1.29, 1.82) is 0 Å². The minimum absolute atomic E-state index is 0.314. The molecule has 2 N–H and O–H groups in total. The molecular formula is C8H13N3O2. The highest BCUT2D eigenvalue weighted by molar-refractivity contribution is 4.88. The van der Waals surface area contributed by atoms with Gasteiger partial charge in [0.05, 0.1) is 6.54 Å². The molecule has 13 heavy (non-hydrogen) atoms. The van der Waals surface area contributed by atoms with E-state index in [2.05, 4.69) is 10.1 Å². The molecule has 0 bridgehead atoms. The number of nitrogens with zero attached hydrogens (tertiary/aromatic N) is 2. The van der Waals surface area contributed by atoms with Gasteiger partial charge in [-0.25, -0.2) is 0 Å². The Morgan fingerprint density at radius 1 is 1.54 bits per heavy atom. The van der Waals surface area contributed by atoms with Crippen LogP contribution in [0.1, 0.15) is 18.1 Å². The van der Waals surface area contributed by atoms with E-state index in [1.54, 1.807) is 0 Å². The standard InChI is InChI=1S/C8H13N3O2/c9-4-8-10-7(11-13-8)3-6-1-2-12-5-6/h6H,1-5,9H2. The lowest BCUT2D eigenvalue weighted by molar-refractivity contribution is 0.185. The quantitative estimate of drug-likeness (QED) is 0.719. The zero-order valence-electron chi connectivity index (χ0n) is 7.40. The van der Waals surface area contributed by atoms with Crippen LogP contribution in [-0.2, 0) is 17.7 Å². The van der Waals surface area contributed by atoms with Gasteiger partial charge in [0.15, 0.2) is 5.82 Å². The van der Waals surface area contributed by atoms with Crippen molar-refractivity contribution in [2.75, 3.05) is 13.2 Å². The zero-order chi connectivity index (χ0) is 9.10. The van der Waals surface area contributed by atoms with Crippen LogP contribution in [0.2, 0.25) is 0 Å². The Kier molecular flexibility index (Phi) is 2.56. The first kappa shape index (κ1) is 8.65. The highest BCUT2D eigenvalue weighted by Crippen LogP contribution is 2.16. The average Bonchev–Trinajstić information content (AvgIpc) is 2.76. The second kappa shape index (κ2) is 3.85. The topological polar surface area (TPSA) is 74.2 Å². The third-order valence-corrected chi connectivity index (χ3v) is 2.18. The monoisotopic (exact) mass is 183 g/mol. The molecule has 1 unspecified atom stereocenters. The van der Waals surface area contributed by atoms with Crippen LogP contribution < -0.4 is 5.73 Å². The molecule has 1 aromatic rings. The summed E-state index contributed by atoms with van der Waals surface area (Å²) in [6, 6.07) is 0. The fraction of sp³-hybridized carbons (Fsp3) is 0.750. The van der Waals surface area contributed by atoms with Crippen molar-refractivity contribution in [2.24, 2.45) is 11.7 Å². The maximum absolute atomic E-state index is 5.35. The van der Waals surface area contributed by atoms with Gasteiger partial charge >= 0.3 is 0 Å². The molecule has 1 saturated heterocycles. The third-order valence-electron chi connectivity index (χ3n) is 2.18. The van der Waals surface area contributed by atoms with E-state index >= 15 is 0 Å². The van der Waals surface area contributed by atoms with Gasteiger partial charge < -0.3 is 15.0 Å². The Morgan fingerprint density at radius 3 is 3.08 bits per heavy atom. The van der Waals surface area contributed by atoms with Crippen LogP contribution in [0.4, 0.5) is 0 Å². The van der Waals surface area contributed by atoms with E-state index in [9.17, 15) is 0 Å². The van der Waals surface area contributed by atoms with E-state index in [4.69, 9.17) is 15.0 Å². The molecule has 2 heterocycles. The maximum atomic E-state index is 5.35. The van der Waals surface area contributed by atoms with Crippen LogP contribution in [-0.4, -0.2) is 23.4 Å². The van der Waals surface area contributed by atoms with Gasteiger partial charge in [0.25, 0.3) is 0 Å². The van der Waals surface area contributed by atoms with Crippen LogP contribution >= 0.6 is 0 Å². The van der Waals surface area contributed by atoms with Crippen molar-refractivity contribution in [2.45, 2.75) is 19.4 Å². The molecule has 0 radical (unpaired) electrons. The fourth-order valence-electron chi connectivity index (χ4n) is 1.46. The number of aromatic nitrogens is 2. The van der Waals surface area contributed by atoms with Crippen molar-refractivity contribution >= 4 is 0 Å². The molecule has 72 valence electrons. The van der Waals surface area contributed by atoms with E-state index in [1.165, 1.54) is 0 Å². The number of nitrogens with two attached hydrogens (primary N) is 1. The third kappa shape index (κ3) is 2.05. The zero-order valence-corrected chi connectivity index (χ0v) is 7.40. The van der Waals surface area contributed by atoms with Crippen LogP contribution in [0.15, 0.2) is 4.52 Å². The van der Waals surface area contributed by atoms with Crippen molar-refractivity contribution in [3.63, 3.8) is 0 Å². The second-order valence-corrected chi connectivity index (χ2v) is 3.24. The number of hydrogen-bond donors (Lipinski definition) is 1. The van der Waals surface area contributed by atoms with Crippen LogP contribution in [0.5, 0.6) is 0 Å². The molecule has 0 saturated carbocycles. The Balaban J connectivity index is 1.92. The molecule has 5 heteroatoms. The minimum Gasteiger partial charge on any atom is -0.381 e.